The normalized spacial score (nSPS) is 10.6. The molecule has 0 aliphatic carbocycles. The van der Waals surface area contributed by atoms with Crippen LogP contribution >= 0.6 is 23.5 Å². The smallest absolute Gasteiger partial charge is 0.0506 e. The lowest BCUT2D eigenvalue weighted by Crippen LogP contribution is -2.03. The number of nitrogen functional groups attached to an aromatic ring is 2. The summed E-state index contributed by atoms with van der Waals surface area (Å²) < 4.78 is 0. The third kappa shape index (κ3) is 2.55. The minimum atomic E-state index is 0.861. The molecule has 1 aromatic rings. The molecule has 0 fully saturated rings. The molecule has 0 saturated heterocycles. The standard InChI is InChI=1S/C11H18N2S2/c1-4-5-7-10(12)8(14-2)6-9(15-3)11(7)13/h6H,4-5,12-13H2,1-3H3. The van der Waals surface area contributed by atoms with Crippen LogP contribution in [0.4, 0.5) is 11.4 Å². The van der Waals surface area contributed by atoms with E-state index in [2.05, 4.69) is 13.0 Å². The molecule has 0 unspecified atom stereocenters. The van der Waals surface area contributed by atoms with E-state index < -0.39 is 0 Å². The van der Waals surface area contributed by atoms with Crippen molar-refractivity contribution >= 4 is 34.9 Å². The largest absolute Gasteiger partial charge is 0.398 e. The summed E-state index contributed by atoms with van der Waals surface area (Å²) in [4.78, 5) is 2.27. The van der Waals surface area contributed by atoms with Gasteiger partial charge in [-0.25, -0.2) is 0 Å². The van der Waals surface area contributed by atoms with Crippen molar-refractivity contribution in [2.75, 3.05) is 24.0 Å². The Labute approximate surface area is 100 Å². The van der Waals surface area contributed by atoms with E-state index in [-0.39, 0.29) is 0 Å². The van der Waals surface area contributed by atoms with Gasteiger partial charge < -0.3 is 11.5 Å². The van der Waals surface area contributed by atoms with Gasteiger partial charge >= 0.3 is 0 Å². The summed E-state index contributed by atoms with van der Waals surface area (Å²) in [7, 11) is 0. The van der Waals surface area contributed by atoms with E-state index in [1.165, 1.54) is 0 Å². The number of anilines is 2. The quantitative estimate of drug-likeness (QED) is 0.628. The van der Waals surface area contributed by atoms with E-state index in [4.69, 9.17) is 11.5 Å². The van der Waals surface area contributed by atoms with Gasteiger partial charge in [0.1, 0.15) is 0 Å². The van der Waals surface area contributed by atoms with Gasteiger partial charge in [0.05, 0.1) is 11.4 Å². The zero-order valence-electron chi connectivity index (χ0n) is 9.46. The zero-order chi connectivity index (χ0) is 11.4. The number of thioether (sulfide) groups is 2. The van der Waals surface area contributed by atoms with Crippen molar-refractivity contribution in [3.05, 3.63) is 11.6 Å². The summed E-state index contributed by atoms with van der Waals surface area (Å²) in [6.07, 6.45) is 6.11. The van der Waals surface area contributed by atoms with Crippen molar-refractivity contribution in [3.8, 4) is 0 Å². The van der Waals surface area contributed by atoms with Gasteiger partial charge in [-0.2, -0.15) is 0 Å². The van der Waals surface area contributed by atoms with Crippen molar-refractivity contribution in [3.63, 3.8) is 0 Å². The van der Waals surface area contributed by atoms with E-state index in [0.29, 0.717) is 0 Å². The van der Waals surface area contributed by atoms with Crippen molar-refractivity contribution in [1.82, 2.24) is 0 Å². The highest BCUT2D eigenvalue weighted by Crippen LogP contribution is 2.37. The summed E-state index contributed by atoms with van der Waals surface area (Å²) in [5.74, 6) is 0. The average molecular weight is 242 g/mol. The van der Waals surface area contributed by atoms with Crippen LogP contribution in [-0.2, 0) is 6.42 Å². The SMILES string of the molecule is CCCc1c(N)c(SC)cc(SC)c1N. The molecule has 0 aromatic heterocycles. The molecule has 2 nitrogen and oxygen atoms in total. The highest BCUT2D eigenvalue weighted by atomic mass is 32.2. The van der Waals surface area contributed by atoms with Crippen LogP contribution in [0.5, 0.6) is 0 Å². The average Bonchev–Trinajstić information content (AvgIpc) is 2.25. The summed E-state index contributed by atoms with van der Waals surface area (Å²) in [6.45, 7) is 2.14. The van der Waals surface area contributed by atoms with Gasteiger partial charge in [-0.15, -0.1) is 23.5 Å². The lowest BCUT2D eigenvalue weighted by Gasteiger charge is -2.15. The number of hydrogen-bond donors (Lipinski definition) is 2. The van der Waals surface area contributed by atoms with Gasteiger partial charge in [0, 0.05) is 15.4 Å². The highest BCUT2D eigenvalue weighted by molar-refractivity contribution is 7.99. The van der Waals surface area contributed by atoms with E-state index in [1.807, 2.05) is 12.5 Å². The first-order chi connectivity index (χ1) is 7.15. The third-order valence-corrected chi connectivity index (χ3v) is 3.94. The molecule has 0 heterocycles. The molecule has 0 spiro atoms. The molecule has 0 atom stereocenters. The minimum Gasteiger partial charge on any atom is -0.398 e. The van der Waals surface area contributed by atoms with Gasteiger partial charge in [0.15, 0.2) is 0 Å². The van der Waals surface area contributed by atoms with Gasteiger partial charge in [0.25, 0.3) is 0 Å². The molecule has 4 heteroatoms. The molecule has 1 aromatic carbocycles. The Hall–Kier alpha value is -0.480. The molecule has 1 rings (SSSR count). The van der Waals surface area contributed by atoms with Crippen LogP contribution in [0, 0.1) is 0 Å². The second-order valence-corrected chi connectivity index (χ2v) is 5.03. The molecule has 0 saturated carbocycles. The molecule has 4 N–H and O–H groups in total. The van der Waals surface area contributed by atoms with Gasteiger partial charge in [0.2, 0.25) is 0 Å². The van der Waals surface area contributed by atoms with Crippen LogP contribution in [0.1, 0.15) is 18.9 Å². The predicted molar refractivity (Wildman–Crippen MR) is 72.8 cm³/mol. The summed E-state index contributed by atoms with van der Waals surface area (Å²) in [6, 6.07) is 2.08. The Morgan fingerprint density at radius 1 is 1.07 bits per heavy atom. The third-order valence-electron chi connectivity index (χ3n) is 2.38. The molecule has 0 aliphatic heterocycles. The maximum absolute atomic E-state index is 6.09. The molecule has 15 heavy (non-hydrogen) atoms. The number of nitrogens with two attached hydrogens (primary N) is 2. The Kier molecular flexibility index (Phi) is 4.67. The zero-order valence-corrected chi connectivity index (χ0v) is 11.1. The lowest BCUT2D eigenvalue weighted by atomic mass is 10.1. The fourth-order valence-corrected chi connectivity index (χ4v) is 2.81. The summed E-state index contributed by atoms with van der Waals surface area (Å²) >= 11 is 3.36. The van der Waals surface area contributed by atoms with Crippen LogP contribution < -0.4 is 11.5 Å². The second kappa shape index (κ2) is 5.56. The summed E-state index contributed by atoms with van der Waals surface area (Å²) in [5.41, 5.74) is 15.0. The maximum Gasteiger partial charge on any atom is 0.0506 e. The first kappa shape index (κ1) is 12.6. The maximum atomic E-state index is 6.09. The lowest BCUT2D eigenvalue weighted by molar-refractivity contribution is 0.919. The van der Waals surface area contributed by atoms with E-state index in [1.54, 1.807) is 23.5 Å². The number of benzene rings is 1. The van der Waals surface area contributed by atoms with Crippen molar-refractivity contribution in [2.24, 2.45) is 0 Å². The Bertz CT molecular complexity index is 323. The van der Waals surface area contributed by atoms with Crippen LogP contribution in [0.15, 0.2) is 15.9 Å². The monoisotopic (exact) mass is 242 g/mol. The molecule has 0 radical (unpaired) electrons. The fourth-order valence-electron chi connectivity index (χ4n) is 1.57. The number of hydrogen-bond acceptors (Lipinski definition) is 4. The van der Waals surface area contributed by atoms with E-state index in [0.717, 1.165) is 39.6 Å². The van der Waals surface area contributed by atoms with Crippen LogP contribution in [0.25, 0.3) is 0 Å². The van der Waals surface area contributed by atoms with Crippen molar-refractivity contribution in [2.45, 2.75) is 29.6 Å². The molecule has 0 amide bonds. The molecule has 0 bridgehead atoms. The highest BCUT2D eigenvalue weighted by Gasteiger charge is 2.12. The van der Waals surface area contributed by atoms with Crippen LogP contribution in [0.2, 0.25) is 0 Å². The van der Waals surface area contributed by atoms with E-state index >= 15 is 0 Å². The fraction of sp³-hybridized carbons (Fsp3) is 0.455. The van der Waals surface area contributed by atoms with Gasteiger partial charge in [-0.3, -0.25) is 0 Å². The molecule has 84 valence electrons. The Morgan fingerprint density at radius 3 is 1.87 bits per heavy atom. The van der Waals surface area contributed by atoms with Crippen molar-refractivity contribution in [1.29, 1.82) is 0 Å². The first-order valence-corrected chi connectivity index (χ1v) is 7.39. The first-order valence-electron chi connectivity index (χ1n) is 4.94. The predicted octanol–water partition coefficient (Wildman–Crippen LogP) is 3.25. The second-order valence-electron chi connectivity index (χ2n) is 3.34. The molecular weight excluding hydrogens is 224 g/mol. The topological polar surface area (TPSA) is 52.0 Å². The number of rotatable bonds is 4. The molecule has 0 aliphatic rings. The Morgan fingerprint density at radius 2 is 1.53 bits per heavy atom. The van der Waals surface area contributed by atoms with Crippen LogP contribution in [-0.4, -0.2) is 12.5 Å². The van der Waals surface area contributed by atoms with Crippen LogP contribution in [0.3, 0.4) is 0 Å². The van der Waals surface area contributed by atoms with Crippen molar-refractivity contribution < 1.29 is 0 Å². The van der Waals surface area contributed by atoms with E-state index in [9.17, 15) is 0 Å². The van der Waals surface area contributed by atoms with Gasteiger partial charge in [-0.1, -0.05) is 13.3 Å². The Balaban J connectivity index is 3.32. The summed E-state index contributed by atoms with van der Waals surface area (Å²) in [5, 5.41) is 0. The molecular formula is C11H18N2S2. The van der Waals surface area contributed by atoms with Gasteiger partial charge in [-0.05, 0) is 25.0 Å². The minimum absolute atomic E-state index is 0.861.